The Kier molecular flexibility index (Phi) is 6.90. The highest BCUT2D eigenvalue weighted by Crippen LogP contribution is 1.90. The second kappa shape index (κ2) is 7.82. The molecule has 0 heterocycles. The molecule has 0 aliphatic rings. The molecule has 0 N–H and O–H groups in total. The maximum Gasteiger partial charge on any atom is 0.142 e. The zero-order valence-electron chi connectivity index (χ0n) is 5.69. The minimum atomic E-state index is 0.740. The lowest BCUT2D eigenvalue weighted by atomic mass is 10.3. The third-order valence-corrected chi connectivity index (χ3v) is 0.929. The molecule has 0 spiro atoms. The molecule has 0 amide bonds. The van der Waals surface area contributed by atoms with Crippen molar-refractivity contribution in [3.8, 4) is 0 Å². The van der Waals surface area contributed by atoms with E-state index in [9.17, 15) is 9.59 Å². The van der Waals surface area contributed by atoms with Crippen molar-refractivity contribution in [3.05, 3.63) is 24.3 Å². The molecular weight excluding hydrogens is 128 g/mol. The van der Waals surface area contributed by atoms with E-state index in [1.54, 1.807) is 12.2 Å². The third kappa shape index (κ3) is 6.82. The van der Waals surface area contributed by atoms with Crippen LogP contribution in [0.25, 0.3) is 0 Å². The van der Waals surface area contributed by atoms with Gasteiger partial charge < -0.3 is 0 Å². The Morgan fingerprint density at radius 3 is 1.50 bits per heavy atom. The average Bonchev–Trinajstić information content (AvgIpc) is 1.97. The third-order valence-electron chi connectivity index (χ3n) is 0.929. The van der Waals surface area contributed by atoms with E-state index in [2.05, 4.69) is 0 Å². The molecule has 2 heteroatoms. The lowest BCUT2D eigenvalue weighted by Crippen LogP contribution is -1.66. The summed E-state index contributed by atoms with van der Waals surface area (Å²) >= 11 is 0. The largest absolute Gasteiger partial charge is 0.299 e. The second-order valence-electron chi connectivity index (χ2n) is 1.71. The van der Waals surface area contributed by atoms with Gasteiger partial charge in [-0.1, -0.05) is 12.2 Å². The lowest BCUT2D eigenvalue weighted by molar-refractivity contribution is -0.104. The molecule has 0 fully saturated rings. The van der Waals surface area contributed by atoms with Crippen molar-refractivity contribution in [1.29, 1.82) is 0 Å². The fourth-order valence-electron chi connectivity index (χ4n) is 0.496. The standard InChI is InChI=1S/C8H10O2/c9-7-5-3-1-2-4-6-8-10/h3-8H,1-2H2. The van der Waals surface area contributed by atoms with E-state index < -0.39 is 0 Å². The van der Waals surface area contributed by atoms with Crippen LogP contribution < -0.4 is 0 Å². The Morgan fingerprint density at radius 1 is 0.800 bits per heavy atom. The van der Waals surface area contributed by atoms with Crippen LogP contribution in [0.15, 0.2) is 24.3 Å². The van der Waals surface area contributed by atoms with Gasteiger partial charge in [-0.2, -0.15) is 0 Å². The first-order valence-corrected chi connectivity index (χ1v) is 3.12. The summed E-state index contributed by atoms with van der Waals surface area (Å²) in [4.78, 5) is 19.5. The van der Waals surface area contributed by atoms with Gasteiger partial charge in [-0.25, -0.2) is 0 Å². The Bertz CT molecular complexity index is 127. The van der Waals surface area contributed by atoms with E-state index in [1.165, 1.54) is 12.2 Å². The number of hydrogen-bond donors (Lipinski definition) is 0. The molecule has 0 atom stereocenters. The average molecular weight is 138 g/mol. The van der Waals surface area contributed by atoms with E-state index in [4.69, 9.17) is 0 Å². The monoisotopic (exact) mass is 138 g/mol. The van der Waals surface area contributed by atoms with Crippen molar-refractivity contribution >= 4 is 12.6 Å². The van der Waals surface area contributed by atoms with Gasteiger partial charge in [0.1, 0.15) is 12.6 Å². The molecule has 0 rings (SSSR count). The van der Waals surface area contributed by atoms with Crippen molar-refractivity contribution in [2.24, 2.45) is 0 Å². The van der Waals surface area contributed by atoms with Crippen LogP contribution in [-0.4, -0.2) is 12.6 Å². The van der Waals surface area contributed by atoms with Crippen LogP contribution in [0.4, 0.5) is 0 Å². The molecular formula is C8H10O2. The molecule has 0 radical (unpaired) electrons. The number of allylic oxidation sites excluding steroid dienone is 4. The first kappa shape index (κ1) is 8.82. The second-order valence-corrected chi connectivity index (χ2v) is 1.71. The Hall–Kier alpha value is -1.18. The van der Waals surface area contributed by atoms with Gasteiger partial charge in [0.25, 0.3) is 0 Å². The van der Waals surface area contributed by atoms with Crippen molar-refractivity contribution in [2.45, 2.75) is 12.8 Å². The van der Waals surface area contributed by atoms with E-state index in [-0.39, 0.29) is 0 Å². The zero-order valence-corrected chi connectivity index (χ0v) is 5.69. The van der Waals surface area contributed by atoms with Crippen LogP contribution in [0.2, 0.25) is 0 Å². The van der Waals surface area contributed by atoms with E-state index in [0.717, 1.165) is 25.4 Å². The van der Waals surface area contributed by atoms with E-state index in [0.29, 0.717) is 0 Å². The summed E-state index contributed by atoms with van der Waals surface area (Å²) in [5.74, 6) is 0. The van der Waals surface area contributed by atoms with Crippen LogP contribution in [0.5, 0.6) is 0 Å². The zero-order chi connectivity index (χ0) is 7.66. The quantitative estimate of drug-likeness (QED) is 0.326. The molecule has 54 valence electrons. The van der Waals surface area contributed by atoms with Crippen LogP contribution in [-0.2, 0) is 9.59 Å². The first-order chi connectivity index (χ1) is 4.91. The molecule has 0 aromatic carbocycles. The van der Waals surface area contributed by atoms with Crippen LogP contribution in [0, 0.1) is 0 Å². The smallest absolute Gasteiger partial charge is 0.142 e. The Balaban J connectivity index is 3.19. The Morgan fingerprint density at radius 2 is 1.20 bits per heavy atom. The first-order valence-electron chi connectivity index (χ1n) is 3.12. The topological polar surface area (TPSA) is 34.1 Å². The highest BCUT2D eigenvalue weighted by molar-refractivity contribution is 5.65. The van der Waals surface area contributed by atoms with Crippen molar-refractivity contribution < 1.29 is 9.59 Å². The highest BCUT2D eigenvalue weighted by atomic mass is 16.1. The summed E-state index contributed by atoms with van der Waals surface area (Å²) < 4.78 is 0. The van der Waals surface area contributed by atoms with Gasteiger partial charge in [0, 0.05) is 0 Å². The molecule has 0 aliphatic carbocycles. The maximum atomic E-state index is 9.73. The molecule has 0 aliphatic heterocycles. The SMILES string of the molecule is O=CC=CCCC=CC=O. The summed E-state index contributed by atoms with van der Waals surface area (Å²) in [6, 6.07) is 0. The van der Waals surface area contributed by atoms with Crippen molar-refractivity contribution in [1.82, 2.24) is 0 Å². The highest BCUT2D eigenvalue weighted by Gasteiger charge is 1.73. The number of carbonyl (C=O) groups excluding carboxylic acids is 2. The Labute approximate surface area is 60.2 Å². The maximum absolute atomic E-state index is 9.73. The molecule has 0 bridgehead atoms. The summed E-state index contributed by atoms with van der Waals surface area (Å²) in [5.41, 5.74) is 0. The van der Waals surface area contributed by atoms with Crippen molar-refractivity contribution in [2.75, 3.05) is 0 Å². The van der Waals surface area contributed by atoms with Gasteiger partial charge in [0.2, 0.25) is 0 Å². The van der Waals surface area contributed by atoms with E-state index in [1.807, 2.05) is 0 Å². The van der Waals surface area contributed by atoms with Crippen LogP contribution in [0.1, 0.15) is 12.8 Å². The van der Waals surface area contributed by atoms with Gasteiger partial charge in [-0.3, -0.25) is 9.59 Å². The normalized spacial score (nSPS) is 10.8. The summed E-state index contributed by atoms with van der Waals surface area (Å²) in [6.07, 6.45) is 9.53. The number of unbranched alkanes of at least 4 members (excludes halogenated alkanes) is 1. The van der Waals surface area contributed by atoms with Gasteiger partial charge in [-0.15, -0.1) is 0 Å². The van der Waals surface area contributed by atoms with Crippen molar-refractivity contribution in [3.63, 3.8) is 0 Å². The molecule has 2 nitrogen and oxygen atoms in total. The summed E-state index contributed by atoms with van der Waals surface area (Å²) in [6.45, 7) is 0. The van der Waals surface area contributed by atoms with Crippen LogP contribution in [0.3, 0.4) is 0 Å². The van der Waals surface area contributed by atoms with E-state index >= 15 is 0 Å². The van der Waals surface area contributed by atoms with Gasteiger partial charge in [0.15, 0.2) is 0 Å². The fraction of sp³-hybridized carbons (Fsp3) is 0.250. The number of aldehydes is 2. The molecule has 10 heavy (non-hydrogen) atoms. The van der Waals surface area contributed by atoms with Gasteiger partial charge in [0.05, 0.1) is 0 Å². The minimum Gasteiger partial charge on any atom is -0.299 e. The summed E-state index contributed by atoms with van der Waals surface area (Å²) in [5, 5.41) is 0. The van der Waals surface area contributed by atoms with Crippen LogP contribution >= 0.6 is 0 Å². The number of carbonyl (C=O) groups is 2. The molecule has 0 aromatic heterocycles. The number of rotatable bonds is 5. The molecule has 0 unspecified atom stereocenters. The molecule has 0 aromatic rings. The predicted molar refractivity (Wildman–Crippen MR) is 39.6 cm³/mol. The van der Waals surface area contributed by atoms with Gasteiger partial charge in [-0.05, 0) is 25.0 Å². The molecule has 0 saturated carbocycles. The fourth-order valence-corrected chi connectivity index (χ4v) is 0.496. The lowest BCUT2D eigenvalue weighted by Gasteiger charge is -1.80. The predicted octanol–water partition coefficient (Wildman–Crippen LogP) is 1.28. The number of hydrogen-bond acceptors (Lipinski definition) is 2. The minimum absolute atomic E-state index is 0.740. The van der Waals surface area contributed by atoms with Gasteiger partial charge >= 0.3 is 0 Å². The molecule has 0 saturated heterocycles. The summed E-state index contributed by atoms with van der Waals surface area (Å²) in [7, 11) is 0.